The third kappa shape index (κ3) is 13.0. The summed E-state index contributed by atoms with van der Waals surface area (Å²) in [5.74, 6) is 0.308. The van der Waals surface area contributed by atoms with E-state index >= 15 is 0 Å². The van der Waals surface area contributed by atoms with Crippen LogP contribution in [0.4, 0.5) is 0 Å². The van der Waals surface area contributed by atoms with Gasteiger partial charge >= 0.3 is 11.9 Å². The number of aliphatic hydroxyl groups is 1. The molecule has 0 aliphatic heterocycles. The van der Waals surface area contributed by atoms with E-state index in [1.54, 1.807) is 0 Å². The van der Waals surface area contributed by atoms with Crippen molar-refractivity contribution in [2.24, 2.45) is 68.0 Å². The molecule has 16 atom stereocenters. The Morgan fingerprint density at radius 1 is 0.521 bits per heavy atom. The molecule has 1 N–H and O–H groups in total. The Balaban J connectivity index is 0.000000240. The third-order valence-electron chi connectivity index (χ3n) is 26.8. The van der Waals surface area contributed by atoms with E-state index in [-0.39, 0.29) is 112 Å². The van der Waals surface area contributed by atoms with E-state index in [1.165, 1.54) is 0 Å². The topological polar surface area (TPSA) is 135 Å². The fraction of sp³-hybridized carbons (Fsp3) is 0.650. The molecule has 10 rings (SSSR count). The summed E-state index contributed by atoms with van der Waals surface area (Å²) in [5, 5.41) is 15.9. The van der Waals surface area contributed by atoms with E-state index in [9.17, 15) is 24.3 Å². The van der Waals surface area contributed by atoms with Crippen molar-refractivity contribution in [2.45, 2.75) is 248 Å². The smallest absolute Gasteiger partial charge is 0.331 e. The van der Waals surface area contributed by atoms with E-state index < -0.39 is 60.2 Å². The van der Waals surface area contributed by atoms with Crippen LogP contribution in [-0.4, -0.2) is 91.9 Å². The number of Topliss-reactive ketones (excluding diaryl/α,β-unsaturated/α-hetero) is 2. The number of esters is 2. The first-order chi connectivity index (χ1) is 43.8. The number of aliphatic hydroxyl groups excluding tert-OH is 1. The first-order valence-electron chi connectivity index (χ1n) is 36.1. The maximum Gasteiger partial charge on any atom is 0.331 e. The second-order valence-corrected chi connectivity index (χ2v) is 44.9. The summed E-state index contributed by atoms with van der Waals surface area (Å²) in [5.41, 5.74) is -1.99. The maximum absolute atomic E-state index is 14.4. The summed E-state index contributed by atoms with van der Waals surface area (Å²) in [6.45, 7) is 40.1. The SMILES string of the molecule is CC[C@]1(C)C[C@@H](OC(=O)CO[Si](c2ccccc2)(c2ccccc2)C(C)(C)C)[C@@]2(C)C3C(=O)CC[C@]3(CC[C@H]2C)[C@@H](C)[C@@H]1O.CC[SiH](CC)O[C@H]1[C@H](C)[C@@]23CCC(=O)C2[C@@](C)([C@H](C)CC3)[C@H](OC(=O)CO[Si](c2ccccc2)(c2ccccc2)C(C)(C)C)C[C@@]1(C)CC.S. The maximum atomic E-state index is 14.4. The van der Waals surface area contributed by atoms with Gasteiger partial charge in [-0.05, 0) is 152 Å². The average Bonchev–Trinajstić information content (AvgIpc) is 1.39. The Morgan fingerprint density at radius 2 is 0.851 bits per heavy atom. The number of carbonyl (C=O) groups excluding carboxylic acids is 4. The van der Waals surface area contributed by atoms with Gasteiger partial charge in [-0.25, -0.2) is 9.59 Å². The van der Waals surface area contributed by atoms with Crippen molar-refractivity contribution in [3.63, 3.8) is 0 Å². The van der Waals surface area contributed by atoms with Crippen LogP contribution in [0.3, 0.4) is 0 Å². The predicted molar refractivity (Wildman–Crippen MR) is 394 cm³/mol. The monoisotopic (exact) mass is 1360 g/mol. The Bertz CT molecular complexity index is 3130. The van der Waals surface area contributed by atoms with Gasteiger partial charge in [0.05, 0.1) is 12.2 Å². The first-order valence-corrected chi connectivity index (χ1v) is 42.0. The normalized spacial score (nSPS) is 34.3. The number of benzene rings is 4. The third-order valence-corrected chi connectivity index (χ3v) is 39.3. The van der Waals surface area contributed by atoms with Crippen LogP contribution in [0.15, 0.2) is 121 Å². The molecule has 0 heterocycles. The summed E-state index contributed by atoms with van der Waals surface area (Å²) < 4.78 is 34.7. The highest BCUT2D eigenvalue weighted by atomic mass is 32.1. The molecule has 4 aromatic rings. The van der Waals surface area contributed by atoms with Crippen molar-refractivity contribution in [3.05, 3.63) is 121 Å². The lowest BCUT2D eigenvalue weighted by Crippen LogP contribution is -2.67. The molecule has 0 radical (unpaired) electrons. The Hall–Kier alpha value is -4.00. The Morgan fingerprint density at radius 3 is 1.17 bits per heavy atom. The second-order valence-electron chi connectivity index (χ2n) is 33.2. The summed E-state index contributed by atoms with van der Waals surface area (Å²) in [7, 11) is -7.30. The number of rotatable bonds is 18. The first kappa shape index (κ1) is 75.8. The van der Waals surface area contributed by atoms with Crippen LogP contribution in [0.5, 0.6) is 0 Å². The van der Waals surface area contributed by atoms with Crippen molar-refractivity contribution in [1.29, 1.82) is 0 Å². The molecule has 6 saturated carbocycles. The van der Waals surface area contributed by atoms with Crippen LogP contribution < -0.4 is 20.7 Å². The number of ether oxygens (including phenoxy) is 2. The minimum Gasteiger partial charge on any atom is -0.460 e. The predicted octanol–water partition coefficient (Wildman–Crippen LogP) is 15.3. The van der Waals surface area contributed by atoms with Gasteiger partial charge in [0.2, 0.25) is 0 Å². The highest BCUT2D eigenvalue weighted by Gasteiger charge is 2.71. The molecule has 6 aliphatic rings. The molecule has 0 spiro atoms. The molecule has 2 unspecified atom stereocenters. The number of carbonyl (C=O) groups is 4. The van der Waals surface area contributed by atoms with Gasteiger partial charge in [-0.1, -0.05) is 246 Å². The highest BCUT2D eigenvalue weighted by molar-refractivity contribution is 7.59. The lowest BCUT2D eigenvalue weighted by molar-refractivity contribution is -0.213. The molecule has 4 aromatic carbocycles. The molecular weight excluding hydrogens is 1240 g/mol. The minimum atomic E-state index is -2.94. The fourth-order valence-electron chi connectivity index (χ4n) is 20.6. The molecular formula is C80H120O10SSi3. The quantitative estimate of drug-likeness (QED) is 0.0758. The van der Waals surface area contributed by atoms with Crippen LogP contribution >= 0.6 is 13.5 Å². The molecule has 0 aromatic heterocycles. The van der Waals surface area contributed by atoms with Crippen LogP contribution in [0.1, 0.15) is 202 Å². The summed E-state index contributed by atoms with van der Waals surface area (Å²) >= 11 is 0. The zero-order valence-corrected chi connectivity index (χ0v) is 65.0. The molecule has 94 heavy (non-hydrogen) atoms. The zero-order chi connectivity index (χ0) is 68.0. The van der Waals surface area contributed by atoms with Crippen molar-refractivity contribution < 1.29 is 47.0 Å². The van der Waals surface area contributed by atoms with Crippen LogP contribution in [-0.2, 0) is 41.9 Å². The number of hydrogen-bond acceptors (Lipinski definition) is 10. The van der Waals surface area contributed by atoms with Crippen LogP contribution in [0.2, 0.25) is 22.2 Å². The van der Waals surface area contributed by atoms with E-state index in [1.807, 2.05) is 48.5 Å². The molecule has 14 heteroatoms. The lowest BCUT2D eigenvalue weighted by Gasteiger charge is -2.63. The van der Waals surface area contributed by atoms with Gasteiger partial charge in [0.1, 0.15) is 37.0 Å². The van der Waals surface area contributed by atoms with Crippen LogP contribution in [0.25, 0.3) is 0 Å². The van der Waals surface area contributed by atoms with Gasteiger partial charge in [-0.15, -0.1) is 0 Å². The van der Waals surface area contributed by atoms with Crippen molar-refractivity contribution in [3.8, 4) is 0 Å². The van der Waals surface area contributed by atoms with E-state index in [2.05, 4.69) is 197 Å². The fourth-order valence-corrected chi connectivity index (χ4v) is 31.5. The zero-order valence-electron chi connectivity index (χ0n) is 60.8. The Labute approximate surface area is 577 Å². The Kier molecular flexibility index (Phi) is 23.4. The van der Waals surface area contributed by atoms with E-state index in [0.717, 1.165) is 84.2 Å². The van der Waals surface area contributed by atoms with E-state index in [4.69, 9.17) is 22.8 Å². The molecule has 6 fully saturated rings. The van der Waals surface area contributed by atoms with Crippen molar-refractivity contribution in [1.82, 2.24) is 0 Å². The molecule has 0 amide bonds. The molecule has 518 valence electrons. The molecule has 0 saturated heterocycles. The van der Waals surface area contributed by atoms with Crippen molar-refractivity contribution in [2.75, 3.05) is 13.2 Å². The summed E-state index contributed by atoms with van der Waals surface area (Å²) in [6, 6.07) is 43.8. The summed E-state index contributed by atoms with van der Waals surface area (Å²) in [6.07, 6.45) is 8.37. The van der Waals surface area contributed by atoms with E-state index in [0.29, 0.717) is 31.5 Å². The largest absolute Gasteiger partial charge is 0.460 e. The lowest BCUT2D eigenvalue weighted by atomic mass is 9.43. The molecule has 4 bridgehead atoms. The standard InChI is InChI=1S/C42H64O5Si2.C38H54O5Si.H2S/c1-11-40(9)28-35(41(10)30(4)24-26-42(27-25-34(43)37(41)42)31(5)38(40)47-48(12-2)13-3)46-36(44)29-45-49(39(6,7)8,32-20-16-14-17-21-32)33-22-18-15-19-23-33;1-9-36(7)24-31(37(8)26(2)20-22-38(27(3)34(36)41)23-21-30(39)33(37)38)43-32(40)25-42-44(35(4,5)6,28-16-12-10-13-17-28)29-18-14-11-15-19-29;/h14-23,30-31,35,37-38,48H,11-13,24-29H2,1-10H3;10-19,26-27,31,33-34,41H,9,20-25H2,1-8H3;1H2/t30-,31+,35-,37?,38+,40-,41+,42-;26-,27+,31-,33?,34+,36-,37+,38-;/m11./s1. The van der Waals surface area contributed by atoms with Gasteiger partial charge in [-0.3, -0.25) is 9.59 Å². The summed E-state index contributed by atoms with van der Waals surface area (Å²) in [4.78, 5) is 56.5. The van der Waals surface area contributed by atoms with Gasteiger partial charge in [0, 0.05) is 35.5 Å². The average molecular weight is 1360 g/mol. The van der Waals surface area contributed by atoms with Gasteiger partial charge < -0.3 is 27.9 Å². The second kappa shape index (κ2) is 29.1. The van der Waals surface area contributed by atoms with Crippen molar-refractivity contribution >= 4 is 83.4 Å². The van der Waals surface area contributed by atoms with Crippen LogP contribution in [0, 0.1) is 68.0 Å². The molecule has 10 nitrogen and oxygen atoms in total. The highest BCUT2D eigenvalue weighted by Crippen LogP contribution is 2.70. The number of hydrogen-bond donors (Lipinski definition) is 1. The molecule has 6 aliphatic carbocycles. The van der Waals surface area contributed by atoms with Gasteiger partial charge in [0.25, 0.3) is 16.6 Å². The van der Waals surface area contributed by atoms with Gasteiger partial charge in [0.15, 0.2) is 9.04 Å². The van der Waals surface area contributed by atoms with Gasteiger partial charge in [-0.2, -0.15) is 13.5 Å². The minimum absolute atomic E-state index is 0. The number of ketones is 2.